The van der Waals surface area contributed by atoms with Crippen molar-refractivity contribution in [2.24, 2.45) is 11.8 Å². The summed E-state index contributed by atoms with van der Waals surface area (Å²) in [5, 5.41) is 5.87. The molecule has 3 nitrogen and oxygen atoms in total. The number of methoxy groups -OCH3 is 1. The van der Waals surface area contributed by atoms with Gasteiger partial charge in [0.2, 0.25) is 0 Å². The first kappa shape index (κ1) is 13.2. The summed E-state index contributed by atoms with van der Waals surface area (Å²) < 4.78 is 5.27. The fraction of sp³-hybridized carbons (Fsp3) is 0.471. The number of fused-ring (bicyclic) bond motifs is 1. The van der Waals surface area contributed by atoms with E-state index in [-0.39, 0.29) is 0 Å². The Hall–Kier alpha value is -1.77. The summed E-state index contributed by atoms with van der Waals surface area (Å²) >= 11 is 0. The first-order valence-electron chi connectivity index (χ1n) is 7.43. The van der Waals surface area contributed by atoms with E-state index < -0.39 is 0 Å². The van der Waals surface area contributed by atoms with E-state index in [2.05, 4.69) is 29.4 Å². The Morgan fingerprint density at radius 1 is 1.30 bits per heavy atom. The highest BCUT2D eigenvalue weighted by Gasteiger charge is 2.21. The quantitative estimate of drug-likeness (QED) is 0.908. The SMILES string of the molecule is COc1ccc2c(NCC3CCC(C)C3)nccc2c1. The molecule has 0 bridgehead atoms. The molecule has 20 heavy (non-hydrogen) atoms. The van der Waals surface area contributed by atoms with Crippen LogP contribution in [0.3, 0.4) is 0 Å². The predicted molar refractivity (Wildman–Crippen MR) is 83.3 cm³/mol. The van der Waals surface area contributed by atoms with E-state index in [9.17, 15) is 0 Å². The zero-order chi connectivity index (χ0) is 13.9. The Balaban J connectivity index is 1.77. The number of anilines is 1. The van der Waals surface area contributed by atoms with Crippen LogP contribution >= 0.6 is 0 Å². The van der Waals surface area contributed by atoms with Crippen molar-refractivity contribution in [3.8, 4) is 5.75 Å². The maximum absolute atomic E-state index is 5.27. The fourth-order valence-electron chi connectivity index (χ4n) is 3.18. The average molecular weight is 270 g/mol. The van der Waals surface area contributed by atoms with Crippen LogP contribution in [-0.4, -0.2) is 18.6 Å². The summed E-state index contributed by atoms with van der Waals surface area (Å²) in [6.07, 6.45) is 5.91. The first-order valence-corrected chi connectivity index (χ1v) is 7.43. The molecule has 0 amide bonds. The van der Waals surface area contributed by atoms with Gasteiger partial charge in [0.05, 0.1) is 7.11 Å². The lowest BCUT2D eigenvalue weighted by Gasteiger charge is -2.13. The minimum atomic E-state index is 0.792. The van der Waals surface area contributed by atoms with E-state index in [1.165, 1.54) is 30.0 Å². The zero-order valence-corrected chi connectivity index (χ0v) is 12.2. The predicted octanol–water partition coefficient (Wildman–Crippen LogP) is 4.09. The molecule has 1 aromatic heterocycles. The van der Waals surface area contributed by atoms with Crippen molar-refractivity contribution in [2.45, 2.75) is 26.2 Å². The normalized spacial score (nSPS) is 22.1. The van der Waals surface area contributed by atoms with Crippen molar-refractivity contribution in [3.63, 3.8) is 0 Å². The molecule has 1 fully saturated rings. The highest BCUT2D eigenvalue weighted by Crippen LogP contribution is 2.31. The zero-order valence-electron chi connectivity index (χ0n) is 12.2. The maximum atomic E-state index is 5.27. The van der Waals surface area contributed by atoms with Gasteiger partial charge in [0.1, 0.15) is 11.6 Å². The molecule has 0 aliphatic heterocycles. The van der Waals surface area contributed by atoms with Crippen LogP contribution in [0.4, 0.5) is 5.82 Å². The second kappa shape index (κ2) is 5.70. The van der Waals surface area contributed by atoms with E-state index in [1.54, 1.807) is 7.11 Å². The number of hydrogen-bond acceptors (Lipinski definition) is 3. The summed E-state index contributed by atoms with van der Waals surface area (Å²) in [6, 6.07) is 8.16. The average Bonchev–Trinajstić information content (AvgIpc) is 2.90. The van der Waals surface area contributed by atoms with Gasteiger partial charge in [0.15, 0.2) is 0 Å². The first-order chi connectivity index (χ1) is 9.76. The molecule has 1 saturated carbocycles. The molecule has 106 valence electrons. The summed E-state index contributed by atoms with van der Waals surface area (Å²) in [7, 11) is 1.70. The number of nitrogens with zero attached hydrogens (tertiary/aromatic N) is 1. The van der Waals surface area contributed by atoms with Crippen molar-refractivity contribution in [1.82, 2.24) is 4.98 Å². The van der Waals surface area contributed by atoms with E-state index in [1.807, 2.05) is 18.3 Å². The van der Waals surface area contributed by atoms with E-state index in [0.29, 0.717) is 0 Å². The van der Waals surface area contributed by atoms with Gasteiger partial charge in [-0.2, -0.15) is 0 Å². The van der Waals surface area contributed by atoms with E-state index in [0.717, 1.165) is 29.9 Å². The lowest BCUT2D eigenvalue weighted by molar-refractivity contribution is 0.415. The summed E-state index contributed by atoms with van der Waals surface area (Å²) in [5.41, 5.74) is 0. The molecule has 2 unspecified atom stereocenters. The van der Waals surface area contributed by atoms with Crippen LogP contribution in [0, 0.1) is 11.8 Å². The van der Waals surface area contributed by atoms with Gasteiger partial charge in [0.25, 0.3) is 0 Å². The van der Waals surface area contributed by atoms with E-state index in [4.69, 9.17) is 4.74 Å². The third kappa shape index (κ3) is 2.72. The van der Waals surface area contributed by atoms with Crippen LogP contribution in [0.1, 0.15) is 26.2 Å². The highest BCUT2D eigenvalue weighted by atomic mass is 16.5. The van der Waals surface area contributed by atoms with E-state index >= 15 is 0 Å². The molecule has 0 saturated heterocycles. The Morgan fingerprint density at radius 2 is 2.20 bits per heavy atom. The number of aromatic nitrogens is 1. The lowest BCUT2D eigenvalue weighted by Crippen LogP contribution is -2.12. The van der Waals surface area contributed by atoms with Gasteiger partial charge in [-0.3, -0.25) is 0 Å². The fourth-order valence-corrected chi connectivity index (χ4v) is 3.18. The molecule has 0 spiro atoms. The number of hydrogen-bond donors (Lipinski definition) is 1. The van der Waals surface area contributed by atoms with Gasteiger partial charge in [0, 0.05) is 18.1 Å². The summed E-state index contributed by atoms with van der Waals surface area (Å²) in [4.78, 5) is 4.49. The van der Waals surface area contributed by atoms with Crippen molar-refractivity contribution in [3.05, 3.63) is 30.5 Å². The van der Waals surface area contributed by atoms with Crippen molar-refractivity contribution < 1.29 is 4.74 Å². The number of rotatable bonds is 4. The van der Waals surface area contributed by atoms with Gasteiger partial charge in [-0.1, -0.05) is 13.3 Å². The van der Waals surface area contributed by atoms with Crippen LogP contribution in [0.15, 0.2) is 30.5 Å². The van der Waals surface area contributed by atoms with Crippen LogP contribution < -0.4 is 10.1 Å². The number of pyridine rings is 1. The topological polar surface area (TPSA) is 34.1 Å². The molecule has 1 heterocycles. The molecule has 1 N–H and O–H groups in total. The number of benzene rings is 1. The Morgan fingerprint density at radius 3 is 2.95 bits per heavy atom. The van der Waals surface area contributed by atoms with Gasteiger partial charge in [-0.05, 0) is 54.3 Å². The molecule has 0 radical (unpaired) electrons. The van der Waals surface area contributed by atoms with Gasteiger partial charge in [-0.25, -0.2) is 4.98 Å². The molecule has 2 aromatic rings. The maximum Gasteiger partial charge on any atom is 0.133 e. The smallest absolute Gasteiger partial charge is 0.133 e. The Bertz CT molecular complexity index is 597. The molecule has 3 heteroatoms. The summed E-state index contributed by atoms with van der Waals surface area (Å²) in [6.45, 7) is 3.38. The van der Waals surface area contributed by atoms with Gasteiger partial charge in [-0.15, -0.1) is 0 Å². The minimum Gasteiger partial charge on any atom is -0.497 e. The largest absolute Gasteiger partial charge is 0.497 e. The molecule has 3 rings (SSSR count). The number of nitrogens with one attached hydrogen (secondary N) is 1. The Labute approximate surface area is 120 Å². The third-order valence-electron chi connectivity index (χ3n) is 4.33. The molecule has 1 aliphatic carbocycles. The van der Waals surface area contributed by atoms with Crippen molar-refractivity contribution in [2.75, 3.05) is 19.0 Å². The van der Waals surface area contributed by atoms with Crippen LogP contribution in [0.25, 0.3) is 10.8 Å². The monoisotopic (exact) mass is 270 g/mol. The third-order valence-corrected chi connectivity index (χ3v) is 4.33. The van der Waals surface area contributed by atoms with Crippen molar-refractivity contribution >= 4 is 16.6 Å². The lowest BCUT2D eigenvalue weighted by atomic mass is 10.1. The van der Waals surface area contributed by atoms with Gasteiger partial charge >= 0.3 is 0 Å². The van der Waals surface area contributed by atoms with Crippen LogP contribution in [0.2, 0.25) is 0 Å². The molecular weight excluding hydrogens is 248 g/mol. The van der Waals surface area contributed by atoms with Crippen molar-refractivity contribution in [1.29, 1.82) is 0 Å². The van der Waals surface area contributed by atoms with Gasteiger partial charge < -0.3 is 10.1 Å². The standard InChI is InChI=1S/C17H22N2O/c1-12-3-4-13(9-12)11-19-17-16-6-5-15(20-2)10-14(16)7-8-18-17/h5-8,10,12-13H,3-4,9,11H2,1-2H3,(H,18,19). The van der Waals surface area contributed by atoms with Crippen LogP contribution in [0.5, 0.6) is 5.75 Å². The molecular formula is C17H22N2O. The highest BCUT2D eigenvalue weighted by molar-refractivity contribution is 5.92. The molecule has 1 aliphatic rings. The minimum absolute atomic E-state index is 0.792. The summed E-state index contributed by atoms with van der Waals surface area (Å²) in [5.74, 6) is 3.55. The molecule has 1 aromatic carbocycles. The number of ether oxygens (including phenoxy) is 1. The van der Waals surface area contributed by atoms with Crippen LogP contribution in [-0.2, 0) is 0 Å². The Kier molecular flexibility index (Phi) is 3.77. The second-order valence-corrected chi connectivity index (χ2v) is 5.91. The second-order valence-electron chi connectivity index (χ2n) is 5.91. The molecule has 2 atom stereocenters.